The molecule has 0 aliphatic carbocycles. The Bertz CT molecular complexity index is 1820. The first kappa shape index (κ1) is 33.1. The second-order valence-corrected chi connectivity index (χ2v) is 15.2. The predicted octanol–water partition coefficient (Wildman–Crippen LogP) is 8.63. The van der Waals surface area contributed by atoms with E-state index in [0.29, 0.717) is 26.0 Å². The minimum atomic E-state index is -0.957. The number of methoxy groups -OCH3 is 1. The molecule has 1 N–H and O–H groups in total. The van der Waals surface area contributed by atoms with Crippen molar-refractivity contribution in [1.82, 2.24) is 14.5 Å². The lowest BCUT2D eigenvalue weighted by Gasteiger charge is -2.24. The van der Waals surface area contributed by atoms with E-state index in [9.17, 15) is 9.90 Å². The van der Waals surface area contributed by atoms with Crippen LogP contribution in [0, 0.1) is 12.3 Å². The van der Waals surface area contributed by atoms with Crippen LogP contribution in [0.5, 0.6) is 11.5 Å². The Morgan fingerprint density at radius 2 is 1.70 bits per heavy atom. The van der Waals surface area contributed by atoms with E-state index in [1.807, 2.05) is 37.4 Å². The van der Waals surface area contributed by atoms with Gasteiger partial charge in [-0.2, -0.15) is 0 Å². The van der Waals surface area contributed by atoms with E-state index < -0.39 is 11.4 Å². The van der Waals surface area contributed by atoms with Gasteiger partial charge in [0.15, 0.2) is 0 Å². The largest absolute Gasteiger partial charge is 0.497 e. The van der Waals surface area contributed by atoms with Crippen LogP contribution in [0.4, 0.5) is 0 Å². The Kier molecular flexibility index (Phi) is 9.77. The van der Waals surface area contributed by atoms with Gasteiger partial charge in [0.1, 0.15) is 11.5 Å². The van der Waals surface area contributed by atoms with Gasteiger partial charge in [-0.25, -0.2) is 0 Å². The number of ether oxygens (including phenoxy) is 2. The molecule has 0 aliphatic heterocycles. The fourth-order valence-corrected chi connectivity index (χ4v) is 6.48. The van der Waals surface area contributed by atoms with Crippen molar-refractivity contribution in [1.29, 1.82) is 0 Å². The summed E-state index contributed by atoms with van der Waals surface area (Å²) in [6.07, 6.45) is 4.72. The number of rotatable bonds is 12. The highest BCUT2D eigenvalue weighted by Crippen LogP contribution is 2.44. The van der Waals surface area contributed by atoms with Crippen molar-refractivity contribution in [3.05, 3.63) is 102 Å². The van der Waals surface area contributed by atoms with Gasteiger partial charge in [-0.1, -0.05) is 51.1 Å². The highest BCUT2D eigenvalue weighted by molar-refractivity contribution is 8.00. The standard InChI is InChI=1S/C38H43N3O4S/c1-25-8-13-28(40-23-25)17-19-45-30-14-15-33-31(20-30)35(46-37(2,3)4)34(22-38(5,6)36(42)43)41(33)24-26-9-11-27(12-10-26)32-21-29(44-7)16-18-39-32/h8-16,18,20-21,23H,17,19,22,24H2,1-7H3,(H,42,43). The number of benzene rings is 2. The molecule has 3 heterocycles. The maximum Gasteiger partial charge on any atom is 0.309 e. The van der Waals surface area contributed by atoms with Gasteiger partial charge in [0, 0.05) is 75.3 Å². The topological polar surface area (TPSA) is 86.5 Å². The van der Waals surface area contributed by atoms with Crippen molar-refractivity contribution >= 4 is 28.6 Å². The quantitative estimate of drug-likeness (QED) is 0.137. The monoisotopic (exact) mass is 637 g/mol. The lowest BCUT2D eigenvalue weighted by atomic mass is 9.88. The van der Waals surface area contributed by atoms with Crippen molar-refractivity contribution in [2.75, 3.05) is 13.7 Å². The van der Waals surface area contributed by atoms with Gasteiger partial charge < -0.3 is 19.1 Å². The van der Waals surface area contributed by atoms with Crippen LogP contribution in [0.2, 0.25) is 0 Å². The SMILES string of the molecule is COc1ccnc(-c2ccc(Cn3c(CC(C)(C)C(=O)O)c(SC(C)(C)C)c4cc(OCCc5ccc(C)cn5)ccc43)cc2)c1. The van der Waals surface area contributed by atoms with Crippen LogP contribution in [0.15, 0.2) is 84.0 Å². The predicted molar refractivity (Wildman–Crippen MR) is 186 cm³/mol. The molecule has 0 amide bonds. The first-order valence-electron chi connectivity index (χ1n) is 15.5. The van der Waals surface area contributed by atoms with Crippen molar-refractivity contribution < 1.29 is 19.4 Å². The number of hydrogen-bond acceptors (Lipinski definition) is 6. The average Bonchev–Trinajstić information content (AvgIpc) is 3.27. The first-order chi connectivity index (χ1) is 21.8. The molecule has 0 unspecified atom stereocenters. The van der Waals surface area contributed by atoms with E-state index >= 15 is 0 Å². The van der Waals surface area contributed by atoms with E-state index in [1.165, 1.54) is 0 Å². The Balaban J connectivity index is 1.53. The van der Waals surface area contributed by atoms with Crippen molar-refractivity contribution in [3.8, 4) is 22.8 Å². The van der Waals surface area contributed by atoms with Crippen LogP contribution in [-0.2, 0) is 24.2 Å². The molecule has 0 spiro atoms. The second kappa shape index (κ2) is 13.6. The minimum absolute atomic E-state index is 0.0966. The second-order valence-electron chi connectivity index (χ2n) is 13.3. The highest BCUT2D eigenvalue weighted by atomic mass is 32.2. The number of hydrogen-bond donors (Lipinski definition) is 1. The van der Waals surface area contributed by atoms with Crippen LogP contribution in [0.3, 0.4) is 0 Å². The molecule has 0 radical (unpaired) electrons. The summed E-state index contributed by atoms with van der Waals surface area (Å²) in [6, 6.07) is 22.5. The summed E-state index contributed by atoms with van der Waals surface area (Å²) in [5, 5.41) is 11.2. The first-order valence-corrected chi connectivity index (χ1v) is 16.4. The highest BCUT2D eigenvalue weighted by Gasteiger charge is 2.33. The molecule has 46 heavy (non-hydrogen) atoms. The fourth-order valence-electron chi connectivity index (χ4n) is 5.30. The summed E-state index contributed by atoms with van der Waals surface area (Å²) in [5.41, 5.74) is 6.19. The molecule has 5 aromatic rings. The van der Waals surface area contributed by atoms with E-state index in [1.54, 1.807) is 38.9 Å². The molecule has 7 nitrogen and oxygen atoms in total. The number of nitrogens with zero attached hydrogens (tertiary/aromatic N) is 3. The average molecular weight is 638 g/mol. The summed E-state index contributed by atoms with van der Waals surface area (Å²) in [7, 11) is 1.65. The molecule has 240 valence electrons. The zero-order valence-electron chi connectivity index (χ0n) is 27.8. The number of pyridine rings is 2. The summed E-state index contributed by atoms with van der Waals surface area (Å²) in [5.74, 6) is 0.726. The van der Waals surface area contributed by atoms with Gasteiger partial charge in [-0.3, -0.25) is 14.8 Å². The number of carboxylic acids is 1. The van der Waals surface area contributed by atoms with E-state index in [4.69, 9.17) is 9.47 Å². The Morgan fingerprint density at radius 1 is 0.935 bits per heavy atom. The third-order valence-electron chi connectivity index (χ3n) is 7.84. The fraction of sp³-hybridized carbons (Fsp3) is 0.342. The minimum Gasteiger partial charge on any atom is -0.497 e. The molecule has 0 saturated carbocycles. The third-order valence-corrected chi connectivity index (χ3v) is 9.12. The summed E-state index contributed by atoms with van der Waals surface area (Å²) >= 11 is 1.78. The van der Waals surface area contributed by atoms with E-state index in [2.05, 4.69) is 77.8 Å². The third kappa shape index (κ3) is 7.91. The number of aryl methyl sites for hydroxylation is 1. The molecule has 5 rings (SSSR count). The molecule has 0 bridgehead atoms. The lowest BCUT2D eigenvalue weighted by Crippen LogP contribution is -2.28. The normalized spacial score (nSPS) is 12.0. The number of thioether (sulfide) groups is 1. The van der Waals surface area contributed by atoms with E-state index in [0.717, 1.165) is 61.1 Å². The van der Waals surface area contributed by atoms with Crippen molar-refractivity contribution in [2.45, 2.75) is 70.6 Å². The smallest absolute Gasteiger partial charge is 0.309 e. The van der Waals surface area contributed by atoms with Gasteiger partial charge in [-0.15, -0.1) is 11.8 Å². The van der Waals surface area contributed by atoms with Crippen molar-refractivity contribution in [3.63, 3.8) is 0 Å². The number of aromatic nitrogens is 3. The molecule has 0 atom stereocenters. The van der Waals surface area contributed by atoms with Crippen LogP contribution in [0.25, 0.3) is 22.2 Å². The molecular weight excluding hydrogens is 595 g/mol. The Labute approximate surface area is 276 Å². The summed E-state index contributed by atoms with van der Waals surface area (Å²) < 4.78 is 13.8. The molecule has 0 saturated heterocycles. The number of carbonyl (C=O) groups is 1. The molecule has 3 aromatic heterocycles. The van der Waals surface area contributed by atoms with Crippen LogP contribution in [0.1, 0.15) is 57.1 Å². The molecule has 8 heteroatoms. The van der Waals surface area contributed by atoms with Crippen LogP contribution < -0.4 is 9.47 Å². The summed E-state index contributed by atoms with van der Waals surface area (Å²) in [6.45, 7) is 13.3. The van der Waals surface area contributed by atoms with E-state index in [-0.39, 0.29) is 4.75 Å². The van der Waals surface area contributed by atoms with Gasteiger partial charge in [0.25, 0.3) is 0 Å². The van der Waals surface area contributed by atoms with Crippen LogP contribution >= 0.6 is 11.8 Å². The molecule has 0 aliphatic rings. The zero-order chi connectivity index (χ0) is 33.1. The van der Waals surface area contributed by atoms with Gasteiger partial charge in [0.2, 0.25) is 0 Å². The summed E-state index contributed by atoms with van der Waals surface area (Å²) in [4.78, 5) is 22.5. The van der Waals surface area contributed by atoms with Crippen molar-refractivity contribution in [2.24, 2.45) is 5.41 Å². The lowest BCUT2D eigenvalue weighted by molar-refractivity contribution is -0.146. The molecule has 2 aromatic carbocycles. The Morgan fingerprint density at radius 3 is 2.35 bits per heavy atom. The molecular formula is C38H43N3O4S. The van der Waals surface area contributed by atoms with Gasteiger partial charge in [-0.05, 0) is 62.2 Å². The molecule has 0 fully saturated rings. The Hall–Kier alpha value is -4.30. The van der Waals surface area contributed by atoms with Gasteiger partial charge >= 0.3 is 5.97 Å². The maximum absolute atomic E-state index is 12.4. The number of carboxylic acid groups (broad SMARTS) is 1. The maximum atomic E-state index is 12.4. The zero-order valence-corrected chi connectivity index (χ0v) is 28.6. The number of fused-ring (bicyclic) bond motifs is 1. The number of aliphatic carboxylic acids is 1. The van der Waals surface area contributed by atoms with Crippen LogP contribution in [-0.4, -0.2) is 44.1 Å². The van der Waals surface area contributed by atoms with Gasteiger partial charge in [0.05, 0.1) is 24.8 Å².